The quantitative estimate of drug-likeness (QED) is 0.662. The highest BCUT2D eigenvalue weighted by atomic mass is 15.3. The Morgan fingerprint density at radius 3 is 2.50 bits per heavy atom. The third-order valence-electron chi connectivity index (χ3n) is 4.62. The minimum Gasteiger partial charge on any atom is -0.275 e. The number of nitrogens with two attached hydrogens (primary N) is 1. The molecule has 2 aromatic rings. The van der Waals surface area contributed by atoms with Gasteiger partial charge in [-0.15, -0.1) is 0 Å². The van der Waals surface area contributed by atoms with Crippen molar-refractivity contribution in [3.05, 3.63) is 53.9 Å². The first-order valence-electron chi connectivity index (χ1n) is 7.26. The summed E-state index contributed by atoms with van der Waals surface area (Å²) in [6, 6.07) is 10.9. The van der Waals surface area contributed by atoms with Crippen molar-refractivity contribution in [2.24, 2.45) is 12.9 Å². The number of hydrazine groups is 1. The molecule has 0 aliphatic heterocycles. The van der Waals surface area contributed by atoms with Gasteiger partial charge in [0.1, 0.15) is 0 Å². The number of rotatable bonds is 4. The molecular formula is C16H22N4. The molecule has 20 heavy (non-hydrogen) atoms. The molecule has 0 radical (unpaired) electrons. The fourth-order valence-electron chi connectivity index (χ4n) is 3.68. The molecule has 1 heterocycles. The largest absolute Gasteiger partial charge is 0.275 e. The van der Waals surface area contributed by atoms with Crippen molar-refractivity contribution < 1.29 is 0 Å². The third kappa shape index (κ3) is 2.15. The minimum absolute atomic E-state index is 0.0824. The van der Waals surface area contributed by atoms with Crippen molar-refractivity contribution in [3.63, 3.8) is 0 Å². The van der Waals surface area contributed by atoms with Crippen molar-refractivity contribution in [3.8, 4) is 0 Å². The molecule has 0 saturated heterocycles. The van der Waals surface area contributed by atoms with Gasteiger partial charge in [-0.2, -0.15) is 5.10 Å². The summed E-state index contributed by atoms with van der Waals surface area (Å²) < 4.78 is 1.84. The van der Waals surface area contributed by atoms with E-state index in [9.17, 15) is 0 Å². The van der Waals surface area contributed by atoms with Gasteiger partial charge < -0.3 is 0 Å². The van der Waals surface area contributed by atoms with Crippen LogP contribution in [0.2, 0.25) is 0 Å². The second-order valence-electron chi connectivity index (χ2n) is 5.78. The lowest BCUT2D eigenvalue weighted by molar-refractivity contribution is 0.303. The minimum atomic E-state index is 0.0824. The molecule has 0 spiro atoms. The molecule has 1 aliphatic rings. The summed E-state index contributed by atoms with van der Waals surface area (Å²) in [4.78, 5) is 0. The van der Waals surface area contributed by atoms with Crippen LogP contribution in [0.15, 0.2) is 42.7 Å². The van der Waals surface area contributed by atoms with Crippen molar-refractivity contribution >= 4 is 0 Å². The van der Waals surface area contributed by atoms with Crippen LogP contribution >= 0.6 is 0 Å². The van der Waals surface area contributed by atoms with E-state index in [1.165, 1.54) is 36.8 Å². The lowest BCUT2D eigenvalue weighted by Gasteiger charge is -2.37. The number of aromatic nitrogens is 2. The highest BCUT2D eigenvalue weighted by Gasteiger charge is 2.43. The van der Waals surface area contributed by atoms with Gasteiger partial charge in [0.15, 0.2) is 0 Å². The number of hydrogen-bond donors (Lipinski definition) is 2. The zero-order valence-electron chi connectivity index (χ0n) is 11.9. The molecule has 1 atom stereocenters. The monoisotopic (exact) mass is 270 g/mol. The van der Waals surface area contributed by atoms with Gasteiger partial charge in [-0.1, -0.05) is 43.2 Å². The van der Waals surface area contributed by atoms with Crippen LogP contribution in [0.1, 0.15) is 42.9 Å². The third-order valence-corrected chi connectivity index (χ3v) is 4.62. The van der Waals surface area contributed by atoms with E-state index in [1.807, 2.05) is 17.9 Å². The van der Waals surface area contributed by atoms with Crippen LogP contribution in [0.5, 0.6) is 0 Å². The number of nitrogens with zero attached hydrogens (tertiary/aromatic N) is 2. The summed E-state index contributed by atoms with van der Waals surface area (Å²) >= 11 is 0. The van der Waals surface area contributed by atoms with Gasteiger partial charge in [0.25, 0.3) is 0 Å². The summed E-state index contributed by atoms with van der Waals surface area (Å²) in [5, 5.41) is 4.30. The van der Waals surface area contributed by atoms with Crippen LogP contribution in [0.25, 0.3) is 0 Å². The molecule has 4 nitrogen and oxygen atoms in total. The maximum Gasteiger partial charge on any atom is 0.0587 e. The Bertz CT molecular complexity index is 555. The average Bonchev–Trinajstić information content (AvgIpc) is 3.12. The van der Waals surface area contributed by atoms with E-state index in [0.29, 0.717) is 0 Å². The molecule has 3 rings (SSSR count). The van der Waals surface area contributed by atoms with Crippen molar-refractivity contribution in [1.29, 1.82) is 0 Å². The van der Waals surface area contributed by atoms with Crippen molar-refractivity contribution in [1.82, 2.24) is 15.2 Å². The normalized spacial score (nSPS) is 19.1. The van der Waals surface area contributed by atoms with E-state index in [4.69, 9.17) is 5.84 Å². The van der Waals surface area contributed by atoms with Crippen LogP contribution in [-0.4, -0.2) is 9.78 Å². The van der Waals surface area contributed by atoms with Gasteiger partial charge in [-0.05, 0) is 18.4 Å². The summed E-state index contributed by atoms with van der Waals surface area (Å²) in [6.45, 7) is 0. The lowest BCUT2D eigenvalue weighted by atomic mass is 9.71. The fraction of sp³-hybridized carbons (Fsp3) is 0.438. The van der Waals surface area contributed by atoms with Crippen LogP contribution in [0, 0.1) is 0 Å². The molecule has 0 amide bonds. The topological polar surface area (TPSA) is 55.9 Å². The molecule has 1 fully saturated rings. The predicted molar refractivity (Wildman–Crippen MR) is 79.9 cm³/mol. The second-order valence-corrected chi connectivity index (χ2v) is 5.78. The van der Waals surface area contributed by atoms with Crippen LogP contribution in [0.3, 0.4) is 0 Å². The van der Waals surface area contributed by atoms with Gasteiger partial charge in [0.2, 0.25) is 0 Å². The molecule has 3 N–H and O–H groups in total. The maximum absolute atomic E-state index is 5.93. The second kappa shape index (κ2) is 5.38. The zero-order chi connectivity index (χ0) is 14.0. The fourth-order valence-corrected chi connectivity index (χ4v) is 3.68. The molecule has 0 bridgehead atoms. The average molecular weight is 270 g/mol. The Hall–Kier alpha value is -1.65. The van der Waals surface area contributed by atoms with E-state index in [-0.39, 0.29) is 11.5 Å². The molecule has 1 aromatic heterocycles. The molecule has 1 saturated carbocycles. The highest BCUT2D eigenvalue weighted by molar-refractivity contribution is 5.33. The molecule has 1 aromatic carbocycles. The SMILES string of the molecule is Cn1cc(C(NN)C2(c3ccccc3)CCCC2)cn1. The zero-order valence-corrected chi connectivity index (χ0v) is 11.9. The smallest absolute Gasteiger partial charge is 0.0587 e. The number of nitrogens with one attached hydrogen (secondary N) is 1. The van der Waals surface area contributed by atoms with Gasteiger partial charge in [-0.25, -0.2) is 0 Å². The number of benzene rings is 1. The Labute approximate surface area is 120 Å². The van der Waals surface area contributed by atoms with Crippen molar-refractivity contribution in [2.45, 2.75) is 37.1 Å². The lowest BCUT2D eigenvalue weighted by Crippen LogP contribution is -2.43. The number of aryl methyl sites for hydroxylation is 1. The molecule has 1 aliphatic carbocycles. The van der Waals surface area contributed by atoms with Gasteiger partial charge in [0, 0.05) is 24.2 Å². The van der Waals surface area contributed by atoms with Crippen LogP contribution in [-0.2, 0) is 12.5 Å². The summed E-state index contributed by atoms with van der Waals surface area (Å²) in [6.07, 6.45) is 8.84. The Balaban J connectivity index is 2.05. The first-order chi connectivity index (χ1) is 9.76. The Morgan fingerprint density at radius 1 is 1.25 bits per heavy atom. The maximum atomic E-state index is 5.93. The van der Waals surface area contributed by atoms with Crippen molar-refractivity contribution in [2.75, 3.05) is 0 Å². The first-order valence-corrected chi connectivity index (χ1v) is 7.26. The van der Waals surface area contributed by atoms with E-state index in [1.54, 1.807) is 0 Å². The highest BCUT2D eigenvalue weighted by Crippen LogP contribution is 2.49. The van der Waals surface area contributed by atoms with E-state index in [2.05, 4.69) is 47.1 Å². The van der Waals surface area contributed by atoms with Gasteiger partial charge in [-0.3, -0.25) is 16.0 Å². The van der Waals surface area contributed by atoms with Gasteiger partial charge in [0.05, 0.1) is 12.2 Å². The Morgan fingerprint density at radius 2 is 1.95 bits per heavy atom. The standard InChI is InChI=1S/C16H22N4/c1-20-12-13(11-18-20)15(19-17)16(9-5-6-10-16)14-7-3-2-4-8-14/h2-4,7-8,11-12,15,19H,5-6,9-10,17H2,1H3. The first kappa shape index (κ1) is 13.3. The van der Waals surface area contributed by atoms with Crippen LogP contribution < -0.4 is 11.3 Å². The molecule has 1 unspecified atom stereocenters. The predicted octanol–water partition coefficient (Wildman–Crippen LogP) is 2.44. The van der Waals surface area contributed by atoms with E-state index in [0.717, 1.165) is 0 Å². The van der Waals surface area contributed by atoms with E-state index >= 15 is 0 Å². The molecule has 4 heteroatoms. The van der Waals surface area contributed by atoms with E-state index < -0.39 is 0 Å². The Kier molecular flexibility index (Phi) is 3.59. The summed E-state index contributed by atoms with van der Waals surface area (Å²) in [5.41, 5.74) is 5.69. The summed E-state index contributed by atoms with van der Waals surface area (Å²) in [7, 11) is 1.95. The summed E-state index contributed by atoms with van der Waals surface area (Å²) in [5.74, 6) is 5.93. The molecular weight excluding hydrogens is 248 g/mol. The van der Waals surface area contributed by atoms with Gasteiger partial charge >= 0.3 is 0 Å². The molecule has 106 valence electrons. The van der Waals surface area contributed by atoms with Crippen LogP contribution in [0.4, 0.5) is 0 Å². The number of hydrogen-bond acceptors (Lipinski definition) is 3.